The third-order valence-corrected chi connectivity index (χ3v) is 7.93. The minimum Gasteiger partial charge on any atom is -0.495 e. The smallest absolute Gasteiger partial charge is 0.304 e. The molecule has 4 rings (SSSR count). The predicted octanol–water partition coefficient (Wildman–Crippen LogP) is 6.50. The number of allylic oxidation sites excluding steroid dienone is 2. The first-order chi connectivity index (χ1) is 18.8. The Kier molecular flexibility index (Phi) is 9.46. The number of nitriles is 1. The Morgan fingerprint density at radius 3 is 2.56 bits per heavy atom. The zero-order valence-corrected chi connectivity index (χ0v) is 23.7. The van der Waals surface area contributed by atoms with E-state index in [1.54, 1.807) is 20.5 Å². The average molecular weight is 563 g/mol. The van der Waals surface area contributed by atoms with Gasteiger partial charge < -0.3 is 19.0 Å². The molecule has 1 atom stereocenters. The number of furan rings is 1. The zero-order chi connectivity index (χ0) is 27.9. The molecule has 1 aliphatic carbocycles. The summed E-state index contributed by atoms with van der Waals surface area (Å²) in [7, 11) is 3.18. The second-order valence-corrected chi connectivity index (χ2v) is 10.7. The van der Waals surface area contributed by atoms with Crippen LogP contribution in [0.1, 0.15) is 47.8 Å². The van der Waals surface area contributed by atoms with Crippen LogP contribution >= 0.6 is 24.4 Å². The molecule has 0 radical (unpaired) electrons. The molecule has 3 aromatic rings. The molecule has 39 heavy (non-hydrogen) atoms. The summed E-state index contributed by atoms with van der Waals surface area (Å²) in [5.74, 6) is 1.63. The van der Waals surface area contributed by atoms with E-state index in [2.05, 4.69) is 24.4 Å². The van der Waals surface area contributed by atoms with Crippen molar-refractivity contribution in [3.05, 3.63) is 82.3 Å². The number of methoxy groups -OCH3 is 2. The average Bonchev–Trinajstić information content (AvgIpc) is 3.54. The van der Waals surface area contributed by atoms with Crippen LogP contribution in [0.3, 0.4) is 0 Å². The lowest BCUT2D eigenvalue weighted by molar-refractivity contribution is -0.136. The number of nitrogens with one attached hydrogen (secondary N) is 1. The normalized spacial score (nSPS) is 14.3. The van der Waals surface area contributed by atoms with Crippen molar-refractivity contribution in [2.45, 2.75) is 36.6 Å². The number of fused-ring (bicyclic) bond motifs is 1. The van der Waals surface area contributed by atoms with E-state index in [1.165, 1.54) is 11.8 Å². The van der Waals surface area contributed by atoms with Gasteiger partial charge in [0.15, 0.2) is 0 Å². The number of carbonyl (C=O) groups is 1. The Balaban J connectivity index is 1.69. The summed E-state index contributed by atoms with van der Waals surface area (Å²) >= 11 is 6.18. The van der Waals surface area contributed by atoms with Gasteiger partial charge in [0.1, 0.15) is 17.3 Å². The van der Waals surface area contributed by atoms with E-state index in [0.717, 1.165) is 44.1 Å². The van der Waals surface area contributed by atoms with Gasteiger partial charge in [-0.15, -0.1) is 11.8 Å². The molecule has 0 bridgehead atoms. The van der Waals surface area contributed by atoms with Crippen molar-refractivity contribution in [1.82, 2.24) is 5.32 Å². The van der Waals surface area contributed by atoms with Gasteiger partial charge in [-0.1, -0.05) is 6.07 Å². The summed E-state index contributed by atoms with van der Waals surface area (Å²) in [5, 5.41) is 21.8. The number of hydrogen-bond acceptors (Lipinski definition) is 8. The first kappa shape index (κ1) is 28.4. The summed E-state index contributed by atoms with van der Waals surface area (Å²) in [6, 6.07) is 15.6. The summed E-state index contributed by atoms with van der Waals surface area (Å²) < 4.78 is 16.7. The minimum atomic E-state index is -0.848. The Labute approximate surface area is 237 Å². The first-order valence-corrected chi connectivity index (χ1v) is 13.9. The molecular weight excluding hydrogens is 532 g/mol. The molecule has 1 heterocycles. The SMILES string of the molecule is COc1cc(/C=C2/C(C)=C(CC(S)NCc3ccco3)c3cc(C#N)ccc32)cc(OC)c1SCCC(=O)O. The number of carboxylic acids is 1. The molecule has 0 amide bonds. The first-order valence-electron chi connectivity index (χ1n) is 12.4. The molecule has 1 aromatic heterocycles. The number of thioether (sulfide) groups is 1. The third kappa shape index (κ3) is 6.71. The molecule has 0 aliphatic heterocycles. The van der Waals surface area contributed by atoms with Crippen LogP contribution in [0.5, 0.6) is 11.5 Å². The number of ether oxygens (including phenoxy) is 2. The van der Waals surface area contributed by atoms with Crippen molar-refractivity contribution in [3.8, 4) is 17.6 Å². The standard InChI is InChI=1S/C30H30N2O5S2/c1-18-23(12-20-13-26(35-2)30(27(14-20)36-3)39-10-8-29(33)34)22-7-6-19(16-31)11-25(22)24(18)15-28(38)32-17-21-5-4-9-37-21/h4-7,9,11-14,28,32,38H,8,10,15,17H2,1-3H3,(H,33,34)/b23-12-. The van der Waals surface area contributed by atoms with Gasteiger partial charge >= 0.3 is 5.97 Å². The molecule has 0 fully saturated rings. The van der Waals surface area contributed by atoms with Gasteiger partial charge in [-0.3, -0.25) is 10.1 Å². The van der Waals surface area contributed by atoms with E-state index in [1.807, 2.05) is 42.5 Å². The van der Waals surface area contributed by atoms with Crippen molar-refractivity contribution in [2.24, 2.45) is 0 Å². The second-order valence-electron chi connectivity index (χ2n) is 8.96. The third-order valence-electron chi connectivity index (χ3n) is 6.47. The summed E-state index contributed by atoms with van der Waals surface area (Å²) in [5.41, 5.74) is 6.84. The lowest BCUT2D eigenvalue weighted by atomic mass is 9.98. The Hall–Kier alpha value is -3.58. The largest absolute Gasteiger partial charge is 0.495 e. The molecule has 7 nitrogen and oxygen atoms in total. The van der Waals surface area contributed by atoms with Crippen molar-refractivity contribution >= 4 is 47.6 Å². The molecule has 1 aliphatic rings. The van der Waals surface area contributed by atoms with E-state index < -0.39 is 5.97 Å². The van der Waals surface area contributed by atoms with Crippen molar-refractivity contribution in [3.63, 3.8) is 0 Å². The maximum absolute atomic E-state index is 11.0. The minimum absolute atomic E-state index is 0.0412. The molecule has 1 unspecified atom stereocenters. The van der Waals surface area contributed by atoms with Gasteiger partial charge in [-0.05, 0) is 89.2 Å². The van der Waals surface area contributed by atoms with Crippen LogP contribution in [0.4, 0.5) is 0 Å². The number of rotatable bonds is 12. The fourth-order valence-electron chi connectivity index (χ4n) is 4.54. The van der Waals surface area contributed by atoms with Gasteiger partial charge in [-0.2, -0.15) is 17.9 Å². The van der Waals surface area contributed by atoms with Gasteiger partial charge in [0.05, 0.1) is 55.4 Å². The summed E-state index contributed by atoms with van der Waals surface area (Å²) in [4.78, 5) is 11.7. The molecule has 9 heteroatoms. The second kappa shape index (κ2) is 13.0. The molecule has 0 saturated carbocycles. The topological polar surface area (TPSA) is 105 Å². The van der Waals surface area contributed by atoms with E-state index in [0.29, 0.717) is 35.8 Å². The van der Waals surface area contributed by atoms with Gasteiger partial charge in [0.2, 0.25) is 0 Å². The maximum Gasteiger partial charge on any atom is 0.304 e. The van der Waals surface area contributed by atoms with E-state index in [9.17, 15) is 10.1 Å². The van der Waals surface area contributed by atoms with Crippen LogP contribution in [0.2, 0.25) is 0 Å². The van der Waals surface area contributed by atoms with Crippen molar-refractivity contribution < 1.29 is 23.8 Å². The van der Waals surface area contributed by atoms with E-state index >= 15 is 0 Å². The quantitative estimate of drug-likeness (QED) is 0.131. The van der Waals surface area contributed by atoms with Crippen LogP contribution in [0.15, 0.2) is 63.6 Å². The van der Waals surface area contributed by atoms with Gasteiger partial charge in [-0.25, -0.2) is 0 Å². The monoisotopic (exact) mass is 562 g/mol. The number of hydrogen-bond donors (Lipinski definition) is 3. The van der Waals surface area contributed by atoms with Crippen LogP contribution in [-0.2, 0) is 11.3 Å². The number of thiol groups is 1. The summed E-state index contributed by atoms with van der Waals surface area (Å²) in [6.07, 6.45) is 4.43. The molecular formula is C30H30N2O5S2. The number of benzene rings is 2. The molecule has 2 N–H and O–H groups in total. The number of aliphatic carboxylic acids is 1. The van der Waals surface area contributed by atoms with E-state index in [-0.39, 0.29) is 11.8 Å². The van der Waals surface area contributed by atoms with Gasteiger partial charge in [0, 0.05) is 5.75 Å². The highest BCUT2D eigenvalue weighted by Crippen LogP contribution is 2.46. The number of nitrogens with zero attached hydrogens (tertiary/aromatic N) is 1. The van der Waals surface area contributed by atoms with Crippen LogP contribution < -0.4 is 14.8 Å². The Morgan fingerprint density at radius 1 is 1.21 bits per heavy atom. The lowest BCUT2D eigenvalue weighted by Crippen LogP contribution is -2.23. The molecule has 202 valence electrons. The predicted molar refractivity (Wildman–Crippen MR) is 157 cm³/mol. The Morgan fingerprint density at radius 2 is 1.95 bits per heavy atom. The van der Waals surface area contributed by atoms with Crippen molar-refractivity contribution in [2.75, 3.05) is 20.0 Å². The molecule has 0 spiro atoms. The number of carboxylic acid groups (broad SMARTS) is 1. The van der Waals surface area contributed by atoms with Crippen LogP contribution in [0, 0.1) is 11.3 Å². The van der Waals surface area contributed by atoms with Crippen molar-refractivity contribution in [1.29, 1.82) is 5.26 Å². The summed E-state index contributed by atoms with van der Waals surface area (Å²) in [6.45, 7) is 2.66. The highest BCUT2D eigenvalue weighted by Gasteiger charge is 2.26. The lowest BCUT2D eigenvalue weighted by Gasteiger charge is -2.15. The maximum atomic E-state index is 11.0. The molecule has 0 saturated heterocycles. The fourth-order valence-corrected chi connectivity index (χ4v) is 5.87. The highest BCUT2D eigenvalue weighted by molar-refractivity contribution is 7.99. The Bertz CT molecular complexity index is 1430. The van der Waals surface area contributed by atoms with E-state index in [4.69, 9.17) is 31.6 Å². The van der Waals surface area contributed by atoms with Gasteiger partial charge in [0.25, 0.3) is 0 Å². The highest BCUT2D eigenvalue weighted by atomic mass is 32.2. The van der Waals surface area contributed by atoms with Crippen LogP contribution in [0.25, 0.3) is 17.2 Å². The fraction of sp³-hybridized carbons (Fsp3) is 0.267. The molecule has 2 aromatic carbocycles. The van der Waals surface area contributed by atoms with Crippen LogP contribution in [-0.4, -0.2) is 36.4 Å². The zero-order valence-electron chi connectivity index (χ0n) is 22.0.